The summed E-state index contributed by atoms with van der Waals surface area (Å²) < 4.78 is 5.21. The third-order valence-corrected chi connectivity index (χ3v) is 3.09. The molecule has 0 aromatic carbocycles. The zero-order valence-corrected chi connectivity index (χ0v) is 11.7. The van der Waals surface area contributed by atoms with Gasteiger partial charge >= 0.3 is 0 Å². The summed E-state index contributed by atoms with van der Waals surface area (Å²) >= 11 is 0. The van der Waals surface area contributed by atoms with Crippen molar-refractivity contribution in [3.8, 4) is 0 Å². The van der Waals surface area contributed by atoms with Crippen molar-refractivity contribution in [2.45, 2.75) is 52.7 Å². The van der Waals surface area contributed by atoms with E-state index in [1.807, 2.05) is 13.8 Å². The van der Waals surface area contributed by atoms with Gasteiger partial charge in [-0.25, -0.2) is 0 Å². The van der Waals surface area contributed by atoms with Crippen LogP contribution in [0, 0.1) is 5.92 Å². The van der Waals surface area contributed by atoms with Gasteiger partial charge in [-0.2, -0.15) is 4.98 Å². The van der Waals surface area contributed by atoms with E-state index in [0.29, 0.717) is 30.2 Å². The lowest BCUT2D eigenvalue weighted by atomic mass is 10.1. The third-order valence-electron chi connectivity index (χ3n) is 3.09. The average molecular weight is 240 g/mol. The molecule has 0 radical (unpaired) electrons. The summed E-state index contributed by atoms with van der Waals surface area (Å²) in [5.74, 6) is 1.76. The molecule has 1 aromatic heterocycles. The van der Waals surface area contributed by atoms with E-state index in [4.69, 9.17) is 10.3 Å². The first-order chi connectivity index (χ1) is 7.71. The van der Waals surface area contributed by atoms with E-state index < -0.39 is 5.54 Å². The number of rotatable bonds is 5. The molecule has 5 nitrogen and oxygen atoms in total. The maximum Gasteiger partial charge on any atom is 0.240 e. The monoisotopic (exact) mass is 240 g/mol. The lowest BCUT2D eigenvalue weighted by Crippen LogP contribution is -2.33. The summed E-state index contributed by atoms with van der Waals surface area (Å²) in [5, 5.41) is 3.91. The summed E-state index contributed by atoms with van der Waals surface area (Å²) in [7, 11) is 2.06. The average Bonchev–Trinajstić information content (AvgIpc) is 2.64. The molecule has 0 saturated heterocycles. The van der Waals surface area contributed by atoms with Gasteiger partial charge in [0, 0.05) is 6.04 Å². The van der Waals surface area contributed by atoms with Crippen LogP contribution in [0.3, 0.4) is 0 Å². The number of hydrogen-bond donors (Lipinski definition) is 1. The van der Waals surface area contributed by atoms with Crippen LogP contribution in [0.5, 0.6) is 0 Å². The third kappa shape index (κ3) is 3.78. The van der Waals surface area contributed by atoms with Crippen LogP contribution in [0.4, 0.5) is 0 Å². The Morgan fingerprint density at radius 2 is 1.94 bits per heavy atom. The van der Waals surface area contributed by atoms with E-state index in [1.54, 1.807) is 0 Å². The van der Waals surface area contributed by atoms with Crippen LogP contribution >= 0.6 is 0 Å². The van der Waals surface area contributed by atoms with Crippen LogP contribution in [0.1, 0.15) is 46.3 Å². The zero-order chi connectivity index (χ0) is 13.2. The van der Waals surface area contributed by atoms with Gasteiger partial charge in [0.25, 0.3) is 0 Å². The van der Waals surface area contributed by atoms with E-state index in [1.165, 1.54) is 0 Å². The molecule has 0 aliphatic carbocycles. The quantitative estimate of drug-likeness (QED) is 0.849. The molecule has 2 N–H and O–H groups in total. The number of nitrogens with zero attached hydrogens (tertiary/aromatic N) is 3. The molecule has 1 rings (SSSR count). The Kier molecular flexibility index (Phi) is 4.27. The first kappa shape index (κ1) is 14.1. The Hall–Kier alpha value is -0.940. The van der Waals surface area contributed by atoms with Crippen molar-refractivity contribution in [3.05, 3.63) is 11.7 Å². The van der Waals surface area contributed by atoms with Crippen molar-refractivity contribution in [1.29, 1.82) is 0 Å². The molecule has 0 aliphatic rings. The Labute approximate surface area is 103 Å². The van der Waals surface area contributed by atoms with Crippen LogP contribution in [-0.2, 0) is 12.1 Å². The van der Waals surface area contributed by atoms with Crippen LogP contribution in [0.25, 0.3) is 0 Å². The fraction of sp³-hybridized carbons (Fsp3) is 0.833. The van der Waals surface area contributed by atoms with Gasteiger partial charge in [0.1, 0.15) is 0 Å². The molecule has 0 amide bonds. The highest BCUT2D eigenvalue weighted by Crippen LogP contribution is 2.15. The summed E-state index contributed by atoms with van der Waals surface area (Å²) in [6, 6.07) is 0.469. The molecule has 1 unspecified atom stereocenters. The summed E-state index contributed by atoms with van der Waals surface area (Å²) in [4.78, 5) is 6.52. The molecule has 1 atom stereocenters. The molecule has 0 bridgehead atoms. The van der Waals surface area contributed by atoms with Crippen molar-refractivity contribution in [1.82, 2.24) is 15.0 Å². The van der Waals surface area contributed by atoms with Crippen molar-refractivity contribution < 1.29 is 4.52 Å². The van der Waals surface area contributed by atoms with Gasteiger partial charge in [0.05, 0.1) is 12.1 Å². The molecule has 5 heteroatoms. The molecule has 0 spiro atoms. The summed E-state index contributed by atoms with van der Waals surface area (Å²) in [6.45, 7) is 11.0. The summed E-state index contributed by atoms with van der Waals surface area (Å²) in [5.41, 5.74) is 5.36. The van der Waals surface area contributed by atoms with Gasteiger partial charge in [0.2, 0.25) is 5.89 Å². The molecule has 98 valence electrons. The fourth-order valence-corrected chi connectivity index (χ4v) is 1.45. The molecule has 17 heavy (non-hydrogen) atoms. The topological polar surface area (TPSA) is 68.2 Å². The van der Waals surface area contributed by atoms with Gasteiger partial charge < -0.3 is 10.3 Å². The van der Waals surface area contributed by atoms with Crippen molar-refractivity contribution in [2.75, 3.05) is 7.05 Å². The molecular formula is C12H24N4O. The van der Waals surface area contributed by atoms with Gasteiger partial charge in [-0.05, 0) is 33.7 Å². The molecule has 1 aromatic rings. The number of nitrogens with two attached hydrogens (primary N) is 1. The second-order valence-corrected chi connectivity index (χ2v) is 5.63. The van der Waals surface area contributed by atoms with Crippen LogP contribution in [0.15, 0.2) is 4.52 Å². The van der Waals surface area contributed by atoms with Gasteiger partial charge in [-0.3, -0.25) is 4.90 Å². The second-order valence-electron chi connectivity index (χ2n) is 5.63. The van der Waals surface area contributed by atoms with E-state index in [-0.39, 0.29) is 0 Å². The Morgan fingerprint density at radius 1 is 1.35 bits per heavy atom. The molecular weight excluding hydrogens is 216 g/mol. The highest BCUT2D eigenvalue weighted by atomic mass is 16.5. The predicted octanol–water partition coefficient (Wildman–Crippen LogP) is 1.74. The zero-order valence-electron chi connectivity index (χ0n) is 11.7. The Bertz CT molecular complexity index is 354. The summed E-state index contributed by atoms with van der Waals surface area (Å²) in [6.07, 6.45) is 0. The second kappa shape index (κ2) is 5.14. The largest absolute Gasteiger partial charge is 0.338 e. The minimum Gasteiger partial charge on any atom is -0.338 e. The maximum atomic E-state index is 5.91. The van der Waals surface area contributed by atoms with E-state index in [9.17, 15) is 0 Å². The highest BCUT2D eigenvalue weighted by Gasteiger charge is 2.22. The van der Waals surface area contributed by atoms with E-state index in [2.05, 4.69) is 42.9 Å². The van der Waals surface area contributed by atoms with Crippen LogP contribution in [0.2, 0.25) is 0 Å². The lowest BCUT2D eigenvalue weighted by Gasteiger charge is -2.26. The van der Waals surface area contributed by atoms with E-state index >= 15 is 0 Å². The number of hydrogen-bond acceptors (Lipinski definition) is 5. The smallest absolute Gasteiger partial charge is 0.240 e. The van der Waals surface area contributed by atoms with Gasteiger partial charge in [0.15, 0.2) is 5.82 Å². The lowest BCUT2D eigenvalue weighted by molar-refractivity contribution is 0.177. The SMILES string of the molecule is CC(C)C(C)N(C)Cc1nc(C(C)(C)N)no1. The first-order valence-electron chi connectivity index (χ1n) is 6.04. The van der Waals surface area contributed by atoms with Gasteiger partial charge in [-0.15, -0.1) is 0 Å². The van der Waals surface area contributed by atoms with Crippen LogP contribution < -0.4 is 5.73 Å². The predicted molar refractivity (Wildman–Crippen MR) is 67.3 cm³/mol. The van der Waals surface area contributed by atoms with Crippen molar-refractivity contribution in [3.63, 3.8) is 0 Å². The van der Waals surface area contributed by atoms with Crippen LogP contribution in [-0.4, -0.2) is 28.1 Å². The highest BCUT2D eigenvalue weighted by molar-refractivity contribution is 4.99. The molecule has 1 heterocycles. The Balaban J connectivity index is 2.67. The minimum absolute atomic E-state index is 0.469. The maximum absolute atomic E-state index is 5.91. The molecule has 0 saturated carbocycles. The normalized spacial score (nSPS) is 14.6. The minimum atomic E-state index is -0.552. The Morgan fingerprint density at radius 3 is 2.35 bits per heavy atom. The fourth-order valence-electron chi connectivity index (χ4n) is 1.45. The van der Waals surface area contributed by atoms with Crippen molar-refractivity contribution in [2.24, 2.45) is 11.7 Å². The first-order valence-corrected chi connectivity index (χ1v) is 6.04. The van der Waals surface area contributed by atoms with E-state index in [0.717, 1.165) is 0 Å². The molecule has 0 fully saturated rings. The number of aromatic nitrogens is 2. The van der Waals surface area contributed by atoms with Crippen molar-refractivity contribution >= 4 is 0 Å². The standard InChI is InChI=1S/C12H24N4O/c1-8(2)9(3)16(6)7-10-14-11(15-17-10)12(4,5)13/h8-9H,7,13H2,1-6H3. The van der Waals surface area contributed by atoms with Gasteiger partial charge in [-0.1, -0.05) is 19.0 Å². The molecule has 0 aliphatic heterocycles.